The lowest BCUT2D eigenvalue weighted by atomic mass is 9.86. The molecule has 2 heteroatoms. The van der Waals surface area contributed by atoms with Crippen molar-refractivity contribution in [1.29, 1.82) is 0 Å². The van der Waals surface area contributed by atoms with E-state index in [0.717, 1.165) is 63.0 Å². The summed E-state index contributed by atoms with van der Waals surface area (Å²) < 4.78 is 0. The van der Waals surface area contributed by atoms with Gasteiger partial charge in [-0.05, 0) is 99.8 Å². The Morgan fingerprint density at radius 1 is 0.826 bits per heavy atom. The summed E-state index contributed by atoms with van der Waals surface area (Å²) in [6.45, 7) is 12.1. The number of rotatable bonds is 7. The molecule has 0 atom stereocenters. The summed E-state index contributed by atoms with van der Waals surface area (Å²) in [6, 6.07) is 32.5. The van der Waals surface area contributed by atoms with Crippen molar-refractivity contribution in [3.63, 3.8) is 0 Å². The Morgan fingerprint density at radius 3 is 2.41 bits per heavy atom. The quantitative estimate of drug-likeness (QED) is 0.103. The molecule has 0 bridgehead atoms. The van der Waals surface area contributed by atoms with Gasteiger partial charge in [-0.15, -0.1) is 0 Å². The maximum atomic E-state index is 5.04. The second kappa shape index (κ2) is 12.4. The third-order valence-corrected chi connectivity index (χ3v) is 9.11. The van der Waals surface area contributed by atoms with Gasteiger partial charge >= 0.3 is 0 Å². The van der Waals surface area contributed by atoms with E-state index in [1.807, 2.05) is 18.4 Å². The monoisotopic (exact) mass is 592 g/mol. The van der Waals surface area contributed by atoms with E-state index in [4.69, 9.17) is 9.98 Å². The van der Waals surface area contributed by atoms with Gasteiger partial charge in [-0.1, -0.05) is 122 Å². The van der Waals surface area contributed by atoms with Gasteiger partial charge in [-0.25, -0.2) is 4.98 Å². The summed E-state index contributed by atoms with van der Waals surface area (Å²) in [7, 11) is 0. The molecular weight excluding hydrogens is 556 g/mol. The molecule has 7 rings (SSSR count). The van der Waals surface area contributed by atoms with Crippen LogP contribution < -0.4 is 0 Å². The maximum absolute atomic E-state index is 5.04. The number of aromatic nitrogens is 1. The fraction of sp³-hybridized carbons (Fsp3) is 0.0909. The highest BCUT2D eigenvalue weighted by Gasteiger charge is 2.15. The molecule has 0 amide bonds. The Labute approximate surface area is 271 Å². The highest BCUT2D eigenvalue weighted by Crippen LogP contribution is 2.37. The zero-order valence-corrected chi connectivity index (χ0v) is 26.4. The van der Waals surface area contributed by atoms with E-state index < -0.39 is 0 Å². The van der Waals surface area contributed by atoms with Crippen molar-refractivity contribution >= 4 is 55.9 Å². The highest BCUT2D eigenvalue weighted by molar-refractivity contribution is 6.14. The first-order valence-electron chi connectivity index (χ1n) is 15.9. The summed E-state index contributed by atoms with van der Waals surface area (Å²) >= 11 is 0. The molecule has 222 valence electrons. The Balaban J connectivity index is 1.19. The van der Waals surface area contributed by atoms with E-state index in [2.05, 4.69) is 136 Å². The Morgan fingerprint density at radius 2 is 1.61 bits per heavy atom. The van der Waals surface area contributed by atoms with Crippen LogP contribution in [0, 0.1) is 6.92 Å². The van der Waals surface area contributed by atoms with E-state index in [9.17, 15) is 0 Å². The van der Waals surface area contributed by atoms with Gasteiger partial charge in [0, 0.05) is 22.7 Å². The molecule has 1 aliphatic carbocycles. The SMILES string of the molecule is C=C/C=C\c1ccc2ccc(-c3ccc(/C(C=C)=N/C=C(\C)c4ccc5c6c(c7ccccc7c5c4)CCC=C6)cc3)nc2c1C. The molecule has 0 fully saturated rings. The molecule has 5 aromatic carbocycles. The van der Waals surface area contributed by atoms with Gasteiger partial charge in [-0.2, -0.15) is 0 Å². The number of aryl methyl sites for hydroxylation is 2. The van der Waals surface area contributed by atoms with Crippen molar-refractivity contribution in [2.75, 3.05) is 0 Å². The normalized spacial score (nSPS) is 13.5. The minimum absolute atomic E-state index is 0.831. The predicted molar refractivity (Wildman–Crippen MR) is 200 cm³/mol. The number of hydrogen-bond acceptors (Lipinski definition) is 2. The van der Waals surface area contributed by atoms with Crippen LogP contribution in [0.5, 0.6) is 0 Å². The van der Waals surface area contributed by atoms with Gasteiger partial charge < -0.3 is 0 Å². The van der Waals surface area contributed by atoms with Crippen LogP contribution in [0.15, 0.2) is 140 Å². The average molecular weight is 593 g/mol. The number of pyridine rings is 1. The lowest BCUT2D eigenvalue weighted by Crippen LogP contribution is -1.98. The molecular formula is C44H36N2. The van der Waals surface area contributed by atoms with E-state index in [0.29, 0.717) is 0 Å². The van der Waals surface area contributed by atoms with Crippen LogP contribution in [-0.2, 0) is 6.42 Å². The van der Waals surface area contributed by atoms with E-state index in [1.54, 1.807) is 6.08 Å². The van der Waals surface area contributed by atoms with Crippen LogP contribution in [0.3, 0.4) is 0 Å². The van der Waals surface area contributed by atoms with E-state index in [-0.39, 0.29) is 0 Å². The van der Waals surface area contributed by atoms with Crippen LogP contribution >= 0.6 is 0 Å². The summed E-state index contributed by atoms with van der Waals surface area (Å²) in [6.07, 6.45) is 16.4. The van der Waals surface area contributed by atoms with Crippen LogP contribution in [0.4, 0.5) is 0 Å². The van der Waals surface area contributed by atoms with Crippen LogP contribution in [0.1, 0.15) is 46.7 Å². The molecule has 1 aliphatic rings. The fourth-order valence-electron chi connectivity index (χ4n) is 6.58. The van der Waals surface area contributed by atoms with Crippen LogP contribution in [0.25, 0.3) is 61.4 Å². The number of benzene rings is 5. The van der Waals surface area contributed by atoms with Crippen molar-refractivity contribution in [3.8, 4) is 11.3 Å². The van der Waals surface area contributed by atoms with Gasteiger partial charge in [0.15, 0.2) is 0 Å². The largest absolute Gasteiger partial charge is 0.256 e. The molecule has 2 nitrogen and oxygen atoms in total. The molecule has 46 heavy (non-hydrogen) atoms. The summed E-state index contributed by atoms with van der Waals surface area (Å²) in [5.74, 6) is 0. The number of fused-ring (bicyclic) bond motifs is 7. The van der Waals surface area contributed by atoms with Crippen molar-refractivity contribution < 1.29 is 0 Å². The van der Waals surface area contributed by atoms with Crippen molar-refractivity contribution in [2.24, 2.45) is 4.99 Å². The van der Waals surface area contributed by atoms with Gasteiger partial charge in [0.1, 0.15) is 0 Å². The Bertz CT molecular complexity index is 2290. The molecule has 6 aromatic rings. The molecule has 0 spiro atoms. The van der Waals surface area contributed by atoms with Crippen molar-refractivity contribution in [3.05, 3.63) is 168 Å². The molecule has 0 unspecified atom stereocenters. The molecule has 0 saturated carbocycles. The smallest absolute Gasteiger partial charge is 0.0744 e. The Hall–Kier alpha value is -5.60. The molecule has 1 heterocycles. The maximum Gasteiger partial charge on any atom is 0.0744 e. The molecule has 0 saturated heterocycles. The number of aliphatic imine (C=N–C) groups is 1. The lowest BCUT2D eigenvalue weighted by molar-refractivity contribution is 1.00. The molecule has 0 N–H and O–H groups in total. The lowest BCUT2D eigenvalue weighted by Gasteiger charge is -2.18. The summed E-state index contributed by atoms with van der Waals surface area (Å²) in [5.41, 5.74) is 12.3. The Kier molecular flexibility index (Phi) is 7.86. The van der Waals surface area contributed by atoms with Gasteiger partial charge in [0.05, 0.1) is 16.9 Å². The van der Waals surface area contributed by atoms with Gasteiger partial charge in [0.25, 0.3) is 0 Å². The minimum Gasteiger partial charge on any atom is -0.256 e. The van der Waals surface area contributed by atoms with Gasteiger partial charge in [-0.3, -0.25) is 4.99 Å². The summed E-state index contributed by atoms with van der Waals surface area (Å²) in [4.78, 5) is 9.93. The third kappa shape index (κ3) is 5.33. The number of allylic oxidation sites excluding steroid dienone is 5. The zero-order valence-electron chi connectivity index (χ0n) is 26.4. The van der Waals surface area contributed by atoms with Gasteiger partial charge in [0.2, 0.25) is 0 Å². The molecule has 0 radical (unpaired) electrons. The van der Waals surface area contributed by atoms with Crippen LogP contribution in [0.2, 0.25) is 0 Å². The van der Waals surface area contributed by atoms with E-state index in [1.165, 1.54) is 38.2 Å². The average Bonchev–Trinajstić information content (AvgIpc) is 3.11. The van der Waals surface area contributed by atoms with Crippen molar-refractivity contribution in [1.82, 2.24) is 4.98 Å². The second-order valence-electron chi connectivity index (χ2n) is 11.9. The minimum atomic E-state index is 0.831. The topological polar surface area (TPSA) is 25.2 Å². The molecule has 0 aliphatic heterocycles. The van der Waals surface area contributed by atoms with Crippen molar-refractivity contribution in [2.45, 2.75) is 26.7 Å². The van der Waals surface area contributed by atoms with Crippen LogP contribution in [-0.4, -0.2) is 10.7 Å². The fourth-order valence-corrected chi connectivity index (χ4v) is 6.58. The highest BCUT2D eigenvalue weighted by atomic mass is 14.7. The summed E-state index contributed by atoms with van der Waals surface area (Å²) in [5, 5.41) is 6.42. The first kappa shape index (κ1) is 29.1. The first-order valence-corrected chi connectivity index (χ1v) is 15.9. The third-order valence-electron chi connectivity index (χ3n) is 9.11. The predicted octanol–water partition coefficient (Wildman–Crippen LogP) is 11.7. The number of nitrogens with zero attached hydrogens (tertiary/aromatic N) is 2. The zero-order chi connectivity index (χ0) is 31.6. The number of hydrogen-bond donors (Lipinski definition) is 0. The first-order chi connectivity index (χ1) is 22.6. The molecule has 1 aromatic heterocycles. The van der Waals surface area contributed by atoms with E-state index >= 15 is 0 Å². The second-order valence-corrected chi connectivity index (χ2v) is 11.9. The standard InChI is InChI=1S/C44H36N2/c1-5-7-12-31-17-22-34-24-26-43(46-44(34)30(31)4)33-20-18-32(19-21-33)42(6-2)45-28-29(3)35-23-25-40-38-15-9-8-13-36(38)37-14-10-11-16-39(37)41(40)27-35/h5-7,9-12,14-28H,1-2,8,13H2,3-4H3/b12-7-,29-28+,45-42+.